The van der Waals surface area contributed by atoms with Gasteiger partial charge in [0.2, 0.25) is 0 Å². The second kappa shape index (κ2) is 2.89. The minimum absolute atomic E-state index is 0. The van der Waals surface area contributed by atoms with Crippen molar-refractivity contribution in [3.8, 4) is 0 Å². The van der Waals surface area contributed by atoms with Crippen molar-refractivity contribution in [2.45, 2.75) is 12.8 Å². The van der Waals surface area contributed by atoms with Crippen LogP contribution in [-0.2, 0) is 4.79 Å². The molecule has 2 aliphatic rings. The van der Waals surface area contributed by atoms with Gasteiger partial charge in [-0.1, -0.05) is 0 Å². The first kappa shape index (κ1) is 8.02. The summed E-state index contributed by atoms with van der Waals surface area (Å²) in [6, 6.07) is 0. The lowest BCUT2D eigenvalue weighted by atomic mass is 10.0. The van der Waals surface area contributed by atoms with Gasteiger partial charge >= 0.3 is 0 Å². The molecule has 1 saturated carbocycles. The molecule has 0 bridgehead atoms. The molecule has 10 heavy (non-hydrogen) atoms. The third-order valence-electron chi connectivity index (χ3n) is 2.51. The number of Topliss-reactive ketones (excluding diaryl/α,β-unsaturated/α-hetero) is 1. The maximum absolute atomic E-state index is 11.0. The molecule has 0 unspecified atom stereocenters. The zero-order valence-corrected chi connectivity index (χ0v) is 6.62. The molecule has 0 radical (unpaired) electrons. The Morgan fingerprint density at radius 2 is 2.20 bits per heavy atom. The van der Waals surface area contributed by atoms with E-state index in [1.807, 2.05) is 0 Å². The predicted molar refractivity (Wildman–Crippen MR) is 41.3 cm³/mol. The van der Waals surface area contributed by atoms with Crippen molar-refractivity contribution in [1.82, 2.24) is 5.32 Å². The molecule has 1 heterocycles. The van der Waals surface area contributed by atoms with Crippen LogP contribution in [0.5, 0.6) is 0 Å². The molecule has 3 heteroatoms. The van der Waals surface area contributed by atoms with Crippen molar-refractivity contribution >= 4 is 18.2 Å². The van der Waals surface area contributed by atoms with E-state index >= 15 is 0 Å². The first-order valence-electron chi connectivity index (χ1n) is 3.61. The topological polar surface area (TPSA) is 29.1 Å². The van der Waals surface area contributed by atoms with E-state index < -0.39 is 0 Å². The molecule has 0 aromatic carbocycles. The van der Waals surface area contributed by atoms with Crippen molar-refractivity contribution < 1.29 is 4.79 Å². The van der Waals surface area contributed by atoms with Crippen molar-refractivity contribution in [1.29, 1.82) is 0 Å². The lowest BCUT2D eigenvalue weighted by molar-refractivity contribution is -0.120. The summed E-state index contributed by atoms with van der Waals surface area (Å²) in [5.41, 5.74) is 0. The predicted octanol–water partition coefficient (Wildman–Crippen LogP) is 0.607. The third-order valence-corrected chi connectivity index (χ3v) is 2.51. The van der Waals surface area contributed by atoms with Crippen LogP contribution in [0.25, 0.3) is 0 Å². The molecule has 2 nitrogen and oxygen atoms in total. The van der Waals surface area contributed by atoms with Crippen LogP contribution in [0.3, 0.4) is 0 Å². The summed E-state index contributed by atoms with van der Waals surface area (Å²) < 4.78 is 0. The Labute approximate surface area is 66.8 Å². The highest BCUT2D eigenvalue weighted by molar-refractivity contribution is 5.85. The van der Waals surface area contributed by atoms with E-state index in [-0.39, 0.29) is 12.4 Å². The fraction of sp³-hybridized carbons (Fsp3) is 0.857. The molecule has 2 rings (SSSR count). The molecule has 0 aromatic rings. The molecule has 0 aromatic heterocycles. The summed E-state index contributed by atoms with van der Waals surface area (Å²) in [5, 5.41) is 3.23. The molecule has 1 aliphatic heterocycles. The highest BCUT2D eigenvalue weighted by Gasteiger charge is 2.37. The maximum atomic E-state index is 11.0. The van der Waals surface area contributed by atoms with Crippen LogP contribution in [0.2, 0.25) is 0 Å². The summed E-state index contributed by atoms with van der Waals surface area (Å²) in [6.07, 6.45) is 1.98. The lowest BCUT2D eigenvalue weighted by Crippen LogP contribution is -2.14. The van der Waals surface area contributed by atoms with Crippen LogP contribution in [0.4, 0.5) is 0 Å². The highest BCUT2D eigenvalue weighted by atomic mass is 35.5. The number of hydrogen-bond donors (Lipinski definition) is 1. The third kappa shape index (κ3) is 1.06. The van der Waals surface area contributed by atoms with Gasteiger partial charge < -0.3 is 5.32 Å². The molecular weight excluding hydrogens is 150 g/mol. The first-order valence-corrected chi connectivity index (χ1v) is 3.61. The summed E-state index contributed by atoms with van der Waals surface area (Å²) in [5.74, 6) is 1.58. The summed E-state index contributed by atoms with van der Waals surface area (Å²) in [7, 11) is 0. The van der Waals surface area contributed by atoms with Gasteiger partial charge in [0.15, 0.2) is 0 Å². The minimum atomic E-state index is 0. The molecule has 2 fully saturated rings. The first-order chi connectivity index (χ1) is 4.38. The number of halogens is 1. The van der Waals surface area contributed by atoms with E-state index in [1.54, 1.807) is 0 Å². The Morgan fingerprint density at radius 1 is 1.40 bits per heavy atom. The molecular formula is C7H12ClNO. The molecule has 1 aliphatic carbocycles. The zero-order chi connectivity index (χ0) is 6.27. The van der Waals surface area contributed by atoms with Crippen LogP contribution in [-0.4, -0.2) is 18.9 Å². The lowest BCUT2D eigenvalue weighted by Gasteiger charge is -2.01. The van der Waals surface area contributed by atoms with Gasteiger partial charge in [0, 0.05) is 18.9 Å². The van der Waals surface area contributed by atoms with E-state index in [0.717, 1.165) is 25.9 Å². The smallest absolute Gasteiger partial charge is 0.137 e. The standard InChI is InChI=1S/C7H11NO.ClH/c9-7-2-1-5-3-8-4-6(5)7;/h5-6,8H,1-4H2;1H/t5-,6+;/m1./s1. The van der Waals surface area contributed by atoms with Gasteiger partial charge in [-0.2, -0.15) is 0 Å². The number of hydrogen-bond acceptors (Lipinski definition) is 2. The van der Waals surface area contributed by atoms with Gasteiger partial charge in [-0.25, -0.2) is 0 Å². The average Bonchev–Trinajstić information content (AvgIpc) is 2.35. The largest absolute Gasteiger partial charge is 0.316 e. The minimum Gasteiger partial charge on any atom is -0.316 e. The van der Waals surface area contributed by atoms with Crippen LogP contribution in [0.15, 0.2) is 0 Å². The van der Waals surface area contributed by atoms with Gasteiger partial charge in [0.25, 0.3) is 0 Å². The van der Waals surface area contributed by atoms with Crippen molar-refractivity contribution in [2.24, 2.45) is 11.8 Å². The van der Waals surface area contributed by atoms with Crippen LogP contribution in [0, 0.1) is 11.8 Å². The fourth-order valence-electron chi connectivity index (χ4n) is 1.93. The average molecular weight is 162 g/mol. The quantitative estimate of drug-likeness (QED) is 0.564. The van der Waals surface area contributed by atoms with E-state index in [4.69, 9.17) is 0 Å². The Bertz CT molecular complexity index is 149. The normalized spacial score (nSPS) is 37.4. The number of nitrogens with one attached hydrogen (secondary N) is 1. The van der Waals surface area contributed by atoms with Gasteiger partial charge in [0.1, 0.15) is 5.78 Å². The SMILES string of the molecule is Cl.O=C1CC[C@@H]2CNC[C@H]12. The molecule has 0 amide bonds. The number of carbonyl (C=O) groups is 1. The Balaban J connectivity index is 0.000000500. The summed E-state index contributed by atoms with van der Waals surface area (Å²) in [4.78, 5) is 11.0. The van der Waals surface area contributed by atoms with E-state index in [9.17, 15) is 4.79 Å². The van der Waals surface area contributed by atoms with Crippen LogP contribution >= 0.6 is 12.4 Å². The molecule has 1 N–H and O–H groups in total. The van der Waals surface area contributed by atoms with Gasteiger partial charge in [-0.3, -0.25) is 4.79 Å². The molecule has 58 valence electrons. The van der Waals surface area contributed by atoms with Crippen LogP contribution < -0.4 is 5.32 Å². The van der Waals surface area contributed by atoms with Gasteiger partial charge in [-0.05, 0) is 18.9 Å². The van der Waals surface area contributed by atoms with Crippen molar-refractivity contribution in [3.63, 3.8) is 0 Å². The second-order valence-electron chi connectivity index (χ2n) is 3.03. The Kier molecular flexibility index (Phi) is 2.32. The number of rotatable bonds is 0. The van der Waals surface area contributed by atoms with Crippen molar-refractivity contribution in [2.75, 3.05) is 13.1 Å². The van der Waals surface area contributed by atoms with E-state index in [1.165, 1.54) is 0 Å². The highest BCUT2D eigenvalue weighted by Crippen LogP contribution is 2.30. The molecule has 0 spiro atoms. The molecule has 1 saturated heterocycles. The second-order valence-corrected chi connectivity index (χ2v) is 3.03. The number of fused-ring (bicyclic) bond motifs is 1. The maximum Gasteiger partial charge on any atom is 0.137 e. The summed E-state index contributed by atoms with van der Waals surface area (Å²) >= 11 is 0. The van der Waals surface area contributed by atoms with E-state index in [0.29, 0.717) is 17.6 Å². The van der Waals surface area contributed by atoms with Gasteiger partial charge in [-0.15, -0.1) is 12.4 Å². The van der Waals surface area contributed by atoms with Gasteiger partial charge in [0.05, 0.1) is 0 Å². The molecule has 2 atom stereocenters. The van der Waals surface area contributed by atoms with Crippen molar-refractivity contribution in [3.05, 3.63) is 0 Å². The number of ketones is 1. The summed E-state index contributed by atoms with van der Waals surface area (Å²) in [6.45, 7) is 2.03. The Morgan fingerprint density at radius 3 is 2.90 bits per heavy atom. The number of carbonyl (C=O) groups excluding carboxylic acids is 1. The Hall–Kier alpha value is -0.0800. The van der Waals surface area contributed by atoms with E-state index in [2.05, 4.69) is 5.32 Å². The zero-order valence-electron chi connectivity index (χ0n) is 5.80. The monoisotopic (exact) mass is 161 g/mol. The van der Waals surface area contributed by atoms with Crippen LogP contribution in [0.1, 0.15) is 12.8 Å². The fourth-order valence-corrected chi connectivity index (χ4v) is 1.93.